The van der Waals surface area contributed by atoms with Gasteiger partial charge in [-0.1, -0.05) is 11.6 Å². The number of hydrogen-bond donors (Lipinski definition) is 1. The van der Waals surface area contributed by atoms with Crippen molar-refractivity contribution in [3.05, 3.63) is 70.8 Å². The Labute approximate surface area is 187 Å². The molecule has 3 aromatic rings. The minimum Gasteiger partial charge on any atom is -0.406 e. The number of carbonyl (C=O) groups is 1. The van der Waals surface area contributed by atoms with Crippen LogP contribution in [0.2, 0.25) is 5.02 Å². The SMILES string of the molecule is CC(NC(=O)c1cc(Cl)cc(OC(F)(F)F)c1)c1nccnc1-c1ccc(C(F)(F)F)cn1. The number of rotatable bonds is 5. The molecule has 1 unspecified atom stereocenters. The standard InChI is InChI=1S/C20H13ClF6N4O2/c1-10(31-18(32)11-6-13(21)8-14(7-11)33-20(25,26)27)16-17(29-5-4-28-16)15-3-2-12(9-30-15)19(22,23)24/h2-10H,1H3,(H,31,32). The maximum absolute atomic E-state index is 12.8. The molecule has 0 saturated heterocycles. The summed E-state index contributed by atoms with van der Waals surface area (Å²) in [6, 6.07) is 3.99. The van der Waals surface area contributed by atoms with E-state index in [2.05, 4.69) is 25.0 Å². The van der Waals surface area contributed by atoms with E-state index in [0.717, 1.165) is 30.3 Å². The molecule has 3 rings (SSSR count). The monoisotopic (exact) mass is 490 g/mol. The molecular weight excluding hydrogens is 478 g/mol. The number of nitrogens with zero attached hydrogens (tertiary/aromatic N) is 3. The van der Waals surface area contributed by atoms with Gasteiger partial charge in [0.05, 0.1) is 23.0 Å². The molecule has 0 fully saturated rings. The summed E-state index contributed by atoms with van der Waals surface area (Å²) < 4.78 is 79.6. The third-order valence-corrected chi connectivity index (χ3v) is 4.40. The Balaban J connectivity index is 1.84. The summed E-state index contributed by atoms with van der Waals surface area (Å²) in [7, 11) is 0. The van der Waals surface area contributed by atoms with Gasteiger partial charge in [-0.3, -0.25) is 19.7 Å². The van der Waals surface area contributed by atoms with Crippen molar-refractivity contribution in [1.29, 1.82) is 0 Å². The van der Waals surface area contributed by atoms with Crippen LogP contribution in [-0.2, 0) is 6.18 Å². The fourth-order valence-corrected chi connectivity index (χ4v) is 3.02. The first-order chi connectivity index (χ1) is 15.3. The fraction of sp³-hybridized carbons (Fsp3) is 0.200. The van der Waals surface area contributed by atoms with Crippen molar-refractivity contribution >= 4 is 17.5 Å². The average molecular weight is 491 g/mol. The third-order valence-electron chi connectivity index (χ3n) is 4.18. The first kappa shape index (κ1) is 24.2. The highest BCUT2D eigenvalue weighted by Crippen LogP contribution is 2.31. The second-order valence-corrected chi connectivity index (χ2v) is 7.08. The number of hydrogen-bond acceptors (Lipinski definition) is 5. The van der Waals surface area contributed by atoms with Crippen LogP contribution in [0.1, 0.15) is 34.6 Å². The molecule has 0 saturated carbocycles. The van der Waals surface area contributed by atoms with Crippen LogP contribution in [-0.4, -0.2) is 27.2 Å². The number of amides is 1. The minimum atomic E-state index is -4.98. The van der Waals surface area contributed by atoms with Gasteiger partial charge in [0.1, 0.15) is 11.4 Å². The van der Waals surface area contributed by atoms with Crippen LogP contribution < -0.4 is 10.1 Å². The van der Waals surface area contributed by atoms with Gasteiger partial charge in [-0.2, -0.15) is 13.2 Å². The maximum Gasteiger partial charge on any atom is 0.573 e. The van der Waals surface area contributed by atoms with Crippen LogP contribution in [0, 0.1) is 0 Å². The van der Waals surface area contributed by atoms with E-state index in [1.165, 1.54) is 19.3 Å². The van der Waals surface area contributed by atoms with Crippen LogP contribution in [0.25, 0.3) is 11.4 Å². The first-order valence-corrected chi connectivity index (χ1v) is 9.43. The van der Waals surface area contributed by atoms with Gasteiger partial charge in [-0.25, -0.2) is 0 Å². The summed E-state index contributed by atoms with van der Waals surface area (Å²) in [5.41, 5.74) is -0.795. The molecule has 6 nitrogen and oxygen atoms in total. The van der Waals surface area contributed by atoms with Gasteiger partial charge in [0.25, 0.3) is 5.91 Å². The van der Waals surface area contributed by atoms with Crippen LogP contribution in [0.15, 0.2) is 48.9 Å². The van der Waals surface area contributed by atoms with Crippen LogP contribution >= 0.6 is 11.6 Å². The number of aromatic nitrogens is 3. The van der Waals surface area contributed by atoms with E-state index in [0.29, 0.717) is 6.20 Å². The molecule has 0 aliphatic rings. The van der Waals surface area contributed by atoms with Crippen molar-refractivity contribution in [3.63, 3.8) is 0 Å². The lowest BCUT2D eigenvalue weighted by Gasteiger charge is -2.17. The molecule has 0 bridgehead atoms. The molecule has 0 aliphatic heterocycles. The van der Waals surface area contributed by atoms with Crippen molar-refractivity contribution in [1.82, 2.24) is 20.3 Å². The summed E-state index contributed by atoms with van der Waals surface area (Å²) in [4.78, 5) is 24.6. The second kappa shape index (κ2) is 9.22. The van der Waals surface area contributed by atoms with Crippen molar-refractivity contribution in [2.24, 2.45) is 0 Å². The molecule has 0 spiro atoms. The van der Waals surface area contributed by atoms with Crippen molar-refractivity contribution in [2.45, 2.75) is 25.5 Å². The van der Waals surface area contributed by atoms with Gasteiger partial charge < -0.3 is 10.1 Å². The van der Waals surface area contributed by atoms with Gasteiger partial charge in [-0.05, 0) is 37.3 Å². The molecule has 2 aromatic heterocycles. The number of ether oxygens (including phenoxy) is 1. The number of pyridine rings is 1. The van der Waals surface area contributed by atoms with Gasteiger partial charge in [-0.15, -0.1) is 13.2 Å². The fourth-order valence-electron chi connectivity index (χ4n) is 2.80. The van der Waals surface area contributed by atoms with Crippen LogP contribution in [0.3, 0.4) is 0 Å². The smallest absolute Gasteiger partial charge is 0.406 e. The zero-order valence-electron chi connectivity index (χ0n) is 16.5. The van der Waals surface area contributed by atoms with E-state index >= 15 is 0 Å². The third kappa shape index (κ3) is 6.31. The summed E-state index contributed by atoms with van der Waals surface area (Å²) in [5.74, 6) is -1.48. The predicted molar refractivity (Wildman–Crippen MR) is 104 cm³/mol. The Kier molecular flexibility index (Phi) is 6.77. The number of halogens is 7. The highest BCUT2D eigenvalue weighted by Gasteiger charge is 2.32. The zero-order valence-corrected chi connectivity index (χ0v) is 17.3. The molecule has 1 aromatic carbocycles. The molecule has 13 heteroatoms. The molecule has 1 N–H and O–H groups in total. The van der Waals surface area contributed by atoms with Crippen LogP contribution in [0.4, 0.5) is 26.3 Å². The molecular formula is C20H13ClF6N4O2. The lowest BCUT2D eigenvalue weighted by Crippen LogP contribution is -2.28. The van der Waals surface area contributed by atoms with E-state index < -0.39 is 35.8 Å². The van der Waals surface area contributed by atoms with Crippen molar-refractivity contribution in [3.8, 4) is 17.1 Å². The topological polar surface area (TPSA) is 77.0 Å². The first-order valence-electron chi connectivity index (χ1n) is 9.05. The number of alkyl halides is 6. The van der Waals surface area contributed by atoms with E-state index in [1.54, 1.807) is 0 Å². The molecule has 0 aliphatic carbocycles. The lowest BCUT2D eigenvalue weighted by molar-refractivity contribution is -0.274. The zero-order chi connectivity index (χ0) is 24.4. The maximum atomic E-state index is 12.8. The highest BCUT2D eigenvalue weighted by molar-refractivity contribution is 6.31. The summed E-state index contributed by atoms with van der Waals surface area (Å²) in [6.07, 6.45) is -6.30. The summed E-state index contributed by atoms with van der Waals surface area (Å²) in [6.45, 7) is 1.51. The molecule has 174 valence electrons. The lowest BCUT2D eigenvalue weighted by atomic mass is 10.1. The number of nitrogens with one attached hydrogen (secondary N) is 1. The Morgan fingerprint density at radius 2 is 1.73 bits per heavy atom. The summed E-state index contributed by atoms with van der Waals surface area (Å²) in [5, 5.41) is 2.37. The van der Waals surface area contributed by atoms with E-state index in [-0.39, 0.29) is 27.7 Å². The van der Waals surface area contributed by atoms with Crippen molar-refractivity contribution in [2.75, 3.05) is 0 Å². The van der Waals surface area contributed by atoms with E-state index in [4.69, 9.17) is 11.6 Å². The summed E-state index contributed by atoms with van der Waals surface area (Å²) >= 11 is 5.79. The Morgan fingerprint density at radius 3 is 2.33 bits per heavy atom. The Bertz CT molecular complexity index is 1150. The quantitative estimate of drug-likeness (QED) is 0.471. The van der Waals surface area contributed by atoms with Gasteiger partial charge in [0.15, 0.2) is 0 Å². The number of benzene rings is 1. The normalized spacial score (nSPS) is 12.8. The second-order valence-electron chi connectivity index (χ2n) is 6.64. The molecule has 0 radical (unpaired) electrons. The minimum absolute atomic E-state index is 0.0795. The largest absolute Gasteiger partial charge is 0.573 e. The van der Waals surface area contributed by atoms with Crippen molar-refractivity contribution < 1.29 is 35.9 Å². The molecule has 33 heavy (non-hydrogen) atoms. The highest BCUT2D eigenvalue weighted by atomic mass is 35.5. The van der Waals surface area contributed by atoms with Crippen LogP contribution in [0.5, 0.6) is 5.75 Å². The molecule has 2 heterocycles. The van der Waals surface area contributed by atoms with Gasteiger partial charge in [0, 0.05) is 29.2 Å². The Morgan fingerprint density at radius 1 is 1.03 bits per heavy atom. The van der Waals surface area contributed by atoms with E-state index in [1.807, 2.05) is 0 Å². The van der Waals surface area contributed by atoms with Gasteiger partial charge in [0.2, 0.25) is 0 Å². The molecule has 1 amide bonds. The number of carbonyl (C=O) groups excluding carboxylic acids is 1. The average Bonchev–Trinajstić information content (AvgIpc) is 2.71. The molecule has 1 atom stereocenters. The predicted octanol–water partition coefficient (Wildman–Crippen LogP) is 5.60. The Hall–Kier alpha value is -3.41. The van der Waals surface area contributed by atoms with Gasteiger partial charge >= 0.3 is 12.5 Å². The van der Waals surface area contributed by atoms with E-state index in [9.17, 15) is 31.1 Å².